The second-order valence-electron chi connectivity index (χ2n) is 2.18. The minimum absolute atomic E-state index is 0.503. The van der Waals surface area contributed by atoms with Gasteiger partial charge >= 0.3 is 0 Å². The summed E-state index contributed by atoms with van der Waals surface area (Å²) >= 11 is 9.01. The summed E-state index contributed by atoms with van der Waals surface area (Å²) in [5.74, 6) is 0. The number of rotatable bonds is 2. The molecule has 0 saturated heterocycles. The highest BCUT2D eigenvalue weighted by Crippen LogP contribution is 2.12. The Balaban J connectivity index is 2.88. The maximum absolute atomic E-state index is 4.93. The molecular weight excluding hydrogens is 188 g/mol. The zero-order chi connectivity index (χ0) is 8.97. The number of nitrogens with zero attached hydrogens (tertiary/aromatic N) is 1. The van der Waals surface area contributed by atoms with E-state index in [1.54, 1.807) is 12.1 Å². The molecule has 0 aliphatic heterocycles. The van der Waals surface area contributed by atoms with Crippen molar-refractivity contribution < 1.29 is 0 Å². The lowest BCUT2D eigenvalue weighted by molar-refractivity contribution is 0.873. The predicted molar refractivity (Wildman–Crippen MR) is 59.6 cm³/mol. The van der Waals surface area contributed by atoms with Crippen LogP contribution in [0.5, 0.6) is 0 Å². The van der Waals surface area contributed by atoms with Crippen molar-refractivity contribution in [2.45, 2.75) is 0 Å². The van der Waals surface area contributed by atoms with Gasteiger partial charge in [0, 0.05) is 7.05 Å². The van der Waals surface area contributed by atoms with Crippen LogP contribution < -0.4 is 10.4 Å². The highest BCUT2D eigenvalue weighted by Gasteiger charge is 2.04. The van der Waals surface area contributed by atoms with Crippen LogP contribution in [0.1, 0.15) is 0 Å². The van der Waals surface area contributed by atoms with E-state index in [1.165, 1.54) is 0 Å². The average Bonchev–Trinajstić information content (AvgIpc) is 2.07. The van der Waals surface area contributed by atoms with Crippen LogP contribution in [0.2, 0.25) is 0 Å². The summed E-state index contributed by atoms with van der Waals surface area (Å²) < 4.78 is 0.503. The van der Waals surface area contributed by atoms with E-state index in [9.17, 15) is 0 Å². The monoisotopic (exact) mass is 198 g/mol. The van der Waals surface area contributed by atoms with E-state index >= 15 is 0 Å². The molecule has 2 nitrogen and oxygen atoms in total. The predicted octanol–water partition coefficient (Wildman–Crippen LogP) is 1.84. The third-order valence-corrected chi connectivity index (χ3v) is 1.81. The first-order valence-electron chi connectivity index (χ1n) is 3.51. The topological polar surface area (TPSA) is 15.3 Å². The maximum atomic E-state index is 4.93. The second kappa shape index (κ2) is 4.45. The maximum Gasteiger partial charge on any atom is 0.152 e. The average molecular weight is 198 g/mol. The molecule has 0 unspecified atom stereocenters. The van der Waals surface area contributed by atoms with Crippen LogP contribution in [-0.2, 0) is 0 Å². The van der Waals surface area contributed by atoms with E-state index in [2.05, 4.69) is 18.1 Å². The van der Waals surface area contributed by atoms with Crippen molar-refractivity contribution in [3.05, 3.63) is 30.3 Å². The van der Waals surface area contributed by atoms with Crippen LogP contribution >= 0.6 is 24.8 Å². The molecular formula is C8H10N2S2. The Hall–Kier alpha value is -0.580. The molecule has 0 saturated carbocycles. The normalized spacial score (nSPS) is 9.50. The van der Waals surface area contributed by atoms with Gasteiger partial charge in [-0.2, -0.15) is 0 Å². The Morgan fingerprint density at radius 3 is 2.42 bits per heavy atom. The molecule has 0 aromatic heterocycles. The van der Waals surface area contributed by atoms with E-state index in [-0.39, 0.29) is 0 Å². The van der Waals surface area contributed by atoms with Crippen molar-refractivity contribution >= 4 is 34.9 Å². The molecule has 12 heavy (non-hydrogen) atoms. The van der Waals surface area contributed by atoms with E-state index < -0.39 is 0 Å². The Morgan fingerprint density at radius 2 is 2.00 bits per heavy atom. The molecule has 0 fully saturated rings. The smallest absolute Gasteiger partial charge is 0.152 e. The highest BCUT2D eigenvalue weighted by molar-refractivity contribution is 8.11. The number of thiol groups is 1. The number of hydrazine groups is 1. The fraction of sp³-hybridized carbons (Fsp3) is 0.125. The van der Waals surface area contributed by atoms with Crippen molar-refractivity contribution in [2.24, 2.45) is 0 Å². The zero-order valence-electron chi connectivity index (χ0n) is 6.69. The summed E-state index contributed by atoms with van der Waals surface area (Å²) in [7, 11) is 1.80. The first-order valence-corrected chi connectivity index (χ1v) is 4.36. The standard InChI is InChI=1S/C8H10N2S2/c1-9-10(8(11)12)7-5-3-2-4-6-7/h2-6,9H,1H3,(H,11,12). The van der Waals surface area contributed by atoms with Crippen LogP contribution in [0.3, 0.4) is 0 Å². The molecule has 0 aliphatic carbocycles. The van der Waals surface area contributed by atoms with Crippen LogP contribution in [-0.4, -0.2) is 11.4 Å². The Morgan fingerprint density at radius 1 is 1.42 bits per heavy atom. The molecule has 4 heteroatoms. The molecule has 64 valence electrons. The lowest BCUT2D eigenvalue weighted by Gasteiger charge is -2.20. The molecule has 1 aromatic rings. The SMILES string of the molecule is CNN(C(=S)S)c1ccccc1. The number of anilines is 1. The van der Waals surface area contributed by atoms with E-state index in [0.29, 0.717) is 4.32 Å². The van der Waals surface area contributed by atoms with Gasteiger partial charge in [0.2, 0.25) is 0 Å². The summed E-state index contributed by atoms with van der Waals surface area (Å²) in [6.07, 6.45) is 0. The summed E-state index contributed by atoms with van der Waals surface area (Å²) in [5, 5.41) is 1.72. The van der Waals surface area contributed by atoms with E-state index in [0.717, 1.165) is 5.69 Å². The van der Waals surface area contributed by atoms with Crippen molar-refractivity contribution in [3.63, 3.8) is 0 Å². The summed E-state index contributed by atoms with van der Waals surface area (Å²) in [4.78, 5) is 0. The molecule has 0 aliphatic rings. The van der Waals surface area contributed by atoms with Crippen LogP contribution in [0.15, 0.2) is 30.3 Å². The molecule has 1 rings (SSSR count). The van der Waals surface area contributed by atoms with Crippen LogP contribution in [0, 0.1) is 0 Å². The largest absolute Gasteiger partial charge is 0.261 e. The number of thiocarbonyl (C=S) groups is 1. The second-order valence-corrected chi connectivity index (χ2v) is 3.29. The summed E-state index contributed by atoms with van der Waals surface area (Å²) in [5.41, 5.74) is 3.92. The molecule has 1 aromatic carbocycles. The van der Waals surface area contributed by atoms with Gasteiger partial charge in [-0.25, -0.2) is 5.43 Å². The summed E-state index contributed by atoms with van der Waals surface area (Å²) in [6, 6.07) is 9.77. The van der Waals surface area contributed by atoms with Gasteiger partial charge in [-0.3, -0.25) is 5.01 Å². The number of nitrogens with one attached hydrogen (secondary N) is 1. The highest BCUT2D eigenvalue weighted by atomic mass is 32.1. The quantitative estimate of drug-likeness (QED) is 0.428. The third kappa shape index (κ3) is 2.20. The zero-order valence-corrected chi connectivity index (χ0v) is 8.40. The third-order valence-electron chi connectivity index (χ3n) is 1.43. The molecule has 0 amide bonds. The number of hydrogen-bond acceptors (Lipinski definition) is 2. The minimum Gasteiger partial charge on any atom is -0.261 e. The van der Waals surface area contributed by atoms with Crippen molar-refractivity contribution in [1.82, 2.24) is 5.43 Å². The molecule has 0 spiro atoms. The fourth-order valence-electron chi connectivity index (χ4n) is 0.912. The van der Waals surface area contributed by atoms with Gasteiger partial charge in [0.1, 0.15) is 0 Å². The Kier molecular flexibility index (Phi) is 3.52. The first-order chi connectivity index (χ1) is 5.75. The van der Waals surface area contributed by atoms with Gasteiger partial charge in [-0.15, -0.1) is 12.6 Å². The van der Waals surface area contributed by atoms with E-state index in [4.69, 9.17) is 12.2 Å². The Labute approximate surface area is 83.0 Å². The number of benzene rings is 1. The van der Waals surface area contributed by atoms with Crippen molar-refractivity contribution in [3.8, 4) is 0 Å². The molecule has 0 radical (unpaired) electrons. The molecule has 1 N–H and O–H groups in total. The van der Waals surface area contributed by atoms with Gasteiger partial charge in [-0.1, -0.05) is 30.4 Å². The van der Waals surface area contributed by atoms with Gasteiger partial charge < -0.3 is 0 Å². The molecule has 0 atom stereocenters. The van der Waals surface area contributed by atoms with Gasteiger partial charge in [0.15, 0.2) is 4.32 Å². The lowest BCUT2D eigenvalue weighted by atomic mass is 10.3. The van der Waals surface area contributed by atoms with Crippen LogP contribution in [0.4, 0.5) is 5.69 Å². The molecule has 0 bridgehead atoms. The summed E-state index contributed by atoms with van der Waals surface area (Å²) in [6.45, 7) is 0. The number of para-hydroxylation sites is 1. The van der Waals surface area contributed by atoms with E-state index in [1.807, 2.05) is 30.3 Å². The van der Waals surface area contributed by atoms with Gasteiger partial charge in [-0.05, 0) is 12.1 Å². The Bertz CT molecular complexity index is 261. The molecule has 0 heterocycles. The van der Waals surface area contributed by atoms with Crippen LogP contribution in [0.25, 0.3) is 0 Å². The fourth-order valence-corrected chi connectivity index (χ4v) is 1.32. The first kappa shape index (κ1) is 9.51. The van der Waals surface area contributed by atoms with Crippen molar-refractivity contribution in [2.75, 3.05) is 12.1 Å². The van der Waals surface area contributed by atoms with Gasteiger partial charge in [0.25, 0.3) is 0 Å². The number of hydrogen-bond donors (Lipinski definition) is 2. The van der Waals surface area contributed by atoms with Crippen molar-refractivity contribution in [1.29, 1.82) is 0 Å². The minimum atomic E-state index is 0.503. The lowest BCUT2D eigenvalue weighted by Crippen LogP contribution is -2.36. The van der Waals surface area contributed by atoms with Gasteiger partial charge in [0.05, 0.1) is 5.69 Å².